The van der Waals surface area contributed by atoms with Crippen LogP contribution in [0, 0.1) is 24.2 Å². The van der Waals surface area contributed by atoms with Crippen molar-refractivity contribution in [2.45, 2.75) is 32.6 Å². The van der Waals surface area contributed by atoms with E-state index in [1.54, 1.807) is 24.3 Å². The van der Waals surface area contributed by atoms with E-state index in [4.69, 9.17) is 5.26 Å². The molecule has 2 aromatic rings. The van der Waals surface area contributed by atoms with E-state index in [1.165, 1.54) is 30.4 Å². The van der Waals surface area contributed by atoms with E-state index in [0.717, 1.165) is 32.0 Å². The van der Waals surface area contributed by atoms with Gasteiger partial charge in [-0.2, -0.15) is 5.26 Å². The van der Waals surface area contributed by atoms with Gasteiger partial charge >= 0.3 is 6.03 Å². The highest BCUT2D eigenvalue weighted by atomic mass is 16.2. The molecule has 0 aromatic heterocycles. The van der Waals surface area contributed by atoms with Crippen LogP contribution in [0.5, 0.6) is 0 Å². The summed E-state index contributed by atoms with van der Waals surface area (Å²) in [5, 5.41) is 14.6. The van der Waals surface area contributed by atoms with Crippen LogP contribution in [-0.2, 0) is 6.42 Å². The number of carbonyl (C=O) groups is 1. The zero-order chi connectivity index (χ0) is 20.5. The van der Waals surface area contributed by atoms with Crippen molar-refractivity contribution in [3.05, 3.63) is 65.2 Å². The fraction of sp³-hybridized carbons (Fsp3) is 0.417. The maximum Gasteiger partial charge on any atom is 0.319 e. The fourth-order valence-corrected chi connectivity index (χ4v) is 3.93. The molecule has 1 aliphatic rings. The van der Waals surface area contributed by atoms with Crippen LogP contribution in [0.15, 0.2) is 48.5 Å². The highest BCUT2D eigenvalue weighted by molar-refractivity contribution is 5.89. The number of benzene rings is 2. The van der Waals surface area contributed by atoms with E-state index >= 15 is 0 Å². The number of likely N-dealkylation sites (tertiary alicyclic amines) is 1. The number of hydrogen-bond donors (Lipinski definition) is 2. The Bertz CT molecular complexity index is 850. The van der Waals surface area contributed by atoms with E-state index in [2.05, 4.69) is 52.8 Å². The number of anilines is 1. The van der Waals surface area contributed by atoms with Gasteiger partial charge in [0.15, 0.2) is 0 Å². The van der Waals surface area contributed by atoms with Gasteiger partial charge in [-0.15, -0.1) is 0 Å². The largest absolute Gasteiger partial charge is 0.338 e. The van der Waals surface area contributed by atoms with Crippen molar-refractivity contribution in [3.8, 4) is 6.07 Å². The molecule has 1 heterocycles. The number of aryl methyl sites for hydroxylation is 1. The van der Waals surface area contributed by atoms with E-state index < -0.39 is 0 Å². The topological polar surface area (TPSA) is 68.2 Å². The van der Waals surface area contributed by atoms with Gasteiger partial charge in [0, 0.05) is 12.2 Å². The van der Waals surface area contributed by atoms with Crippen LogP contribution in [0.3, 0.4) is 0 Å². The molecule has 2 aromatic carbocycles. The maximum atomic E-state index is 12.0. The quantitative estimate of drug-likeness (QED) is 0.691. The number of amides is 2. The molecule has 0 bridgehead atoms. The molecule has 0 spiro atoms. The highest BCUT2D eigenvalue weighted by Gasteiger charge is 2.19. The van der Waals surface area contributed by atoms with Gasteiger partial charge < -0.3 is 15.5 Å². The first-order valence-corrected chi connectivity index (χ1v) is 10.5. The first kappa shape index (κ1) is 20.9. The summed E-state index contributed by atoms with van der Waals surface area (Å²) in [6.45, 7) is 6.10. The van der Waals surface area contributed by atoms with Crippen LogP contribution in [-0.4, -0.2) is 37.1 Å². The van der Waals surface area contributed by atoms with E-state index in [1.807, 2.05) is 0 Å². The SMILES string of the molecule is Cc1cccc(CC2CCN(CCCNC(=O)Nc3cccc(C#N)c3)CC2)c1. The Morgan fingerprint density at radius 1 is 1.17 bits per heavy atom. The van der Waals surface area contributed by atoms with Crippen LogP contribution in [0.2, 0.25) is 0 Å². The number of nitrogens with zero attached hydrogens (tertiary/aromatic N) is 2. The van der Waals surface area contributed by atoms with Crippen molar-refractivity contribution in [1.29, 1.82) is 5.26 Å². The van der Waals surface area contributed by atoms with E-state index in [0.29, 0.717) is 17.8 Å². The third-order valence-corrected chi connectivity index (χ3v) is 5.50. The van der Waals surface area contributed by atoms with Gasteiger partial charge in [0.05, 0.1) is 11.6 Å². The minimum Gasteiger partial charge on any atom is -0.338 e. The smallest absolute Gasteiger partial charge is 0.319 e. The van der Waals surface area contributed by atoms with Gasteiger partial charge in [-0.1, -0.05) is 35.9 Å². The summed E-state index contributed by atoms with van der Waals surface area (Å²) in [7, 11) is 0. The van der Waals surface area contributed by atoms with Gasteiger partial charge in [0.1, 0.15) is 0 Å². The molecule has 0 unspecified atom stereocenters. The summed E-state index contributed by atoms with van der Waals surface area (Å²) in [6, 6.07) is 17.6. The first-order valence-electron chi connectivity index (χ1n) is 10.5. The second kappa shape index (κ2) is 10.6. The van der Waals surface area contributed by atoms with E-state index in [-0.39, 0.29) is 6.03 Å². The Kier molecular flexibility index (Phi) is 7.66. The molecular formula is C24H30N4O. The molecule has 5 nitrogen and oxygen atoms in total. The molecule has 29 heavy (non-hydrogen) atoms. The van der Waals surface area contributed by atoms with Crippen molar-refractivity contribution < 1.29 is 4.79 Å². The molecule has 0 radical (unpaired) electrons. The number of hydrogen-bond acceptors (Lipinski definition) is 3. The lowest BCUT2D eigenvalue weighted by Gasteiger charge is -2.32. The number of urea groups is 1. The fourth-order valence-electron chi connectivity index (χ4n) is 3.93. The maximum absolute atomic E-state index is 12.0. The predicted molar refractivity (Wildman–Crippen MR) is 117 cm³/mol. The third kappa shape index (κ3) is 6.92. The molecule has 0 aliphatic carbocycles. The van der Waals surface area contributed by atoms with Crippen LogP contribution in [0.1, 0.15) is 36.0 Å². The Morgan fingerprint density at radius 2 is 1.97 bits per heavy atom. The van der Waals surface area contributed by atoms with Crippen LogP contribution < -0.4 is 10.6 Å². The zero-order valence-corrected chi connectivity index (χ0v) is 17.2. The lowest BCUT2D eigenvalue weighted by molar-refractivity contribution is 0.182. The molecule has 2 amide bonds. The van der Waals surface area contributed by atoms with Crippen molar-refractivity contribution in [1.82, 2.24) is 10.2 Å². The Hall–Kier alpha value is -2.84. The summed E-state index contributed by atoms with van der Waals surface area (Å²) in [6.07, 6.45) is 4.62. The molecule has 2 N–H and O–H groups in total. The van der Waals surface area contributed by atoms with Crippen LogP contribution in [0.25, 0.3) is 0 Å². The third-order valence-electron chi connectivity index (χ3n) is 5.50. The highest BCUT2D eigenvalue weighted by Crippen LogP contribution is 2.22. The predicted octanol–water partition coefficient (Wildman–Crippen LogP) is 4.33. The second-order valence-corrected chi connectivity index (χ2v) is 7.91. The molecule has 3 rings (SSSR count). The summed E-state index contributed by atoms with van der Waals surface area (Å²) in [4.78, 5) is 14.5. The van der Waals surface area contributed by atoms with Crippen molar-refractivity contribution in [3.63, 3.8) is 0 Å². The minimum atomic E-state index is -0.225. The molecule has 1 fully saturated rings. The zero-order valence-electron chi connectivity index (χ0n) is 17.2. The minimum absolute atomic E-state index is 0.225. The Morgan fingerprint density at radius 3 is 2.72 bits per heavy atom. The van der Waals surface area contributed by atoms with Gasteiger partial charge in [-0.05, 0) is 81.9 Å². The van der Waals surface area contributed by atoms with Gasteiger partial charge in [-0.3, -0.25) is 0 Å². The lowest BCUT2D eigenvalue weighted by atomic mass is 9.90. The molecule has 0 atom stereocenters. The molecule has 0 saturated carbocycles. The standard InChI is InChI=1S/C24H30N4O/c1-19-5-2-6-21(15-19)16-20-9-13-28(14-10-20)12-4-11-26-24(29)27-23-8-3-7-22(17-23)18-25/h2-3,5-8,15,17,20H,4,9-14,16H2,1H3,(H2,26,27,29). The number of nitriles is 1. The average Bonchev–Trinajstić information content (AvgIpc) is 2.72. The van der Waals surface area contributed by atoms with Gasteiger partial charge in [-0.25, -0.2) is 4.79 Å². The molecular weight excluding hydrogens is 360 g/mol. The first-order chi connectivity index (χ1) is 14.1. The Labute approximate surface area is 173 Å². The van der Waals surface area contributed by atoms with E-state index in [9.17, 15) is 4.79 Å². The molecule has 5 heteroatoms. The molecule has 1 saturated heterocycles. The summed E-state index contributed by atoms with van der Waals surface area (Å²) >= 11 is 0. The number of piperidine rings is 1. The van der Waals surface area contributed by atoms with Crippen molar-refractivity contribution in [2.24, 2.45) is 5.92 Å². The average molecular weight is 391 g/mol. The van der Waals surface area contributed by atoms with Crippen LogP contribution in [0.4, 0.5) is 10.5 Å². The second-order valence-electron chi connectivity index (χ2n) is 7.91. The normalized spacial score (nSPS) is 14.9. The number of rotatable bonds is 7. The number of nitrogens with one attached hydrogen (secondary N) is 2. The Balaban J connectivity index is 1.29. The lowest BCUT2D eigenvalue weighted by Crippen LogP contribution is -2.37. The van der Waals surface area contributed by atoms with Crippen molar-refractivity contribution in [2.75, 3.05) is 31.5 Å². The summed E-state index contributed by atoms with van der Waals surface area (Å²) in [5.74, 6) is 0.779. The van der Waals surface area contributed by atoms with Gasteiger partial charge in [0.25, 0.3) is 0 Å². The number of carbonyl (C=O) groups excluding carboxylic acids is 1. The van der Waals surface area contributed by atoms with Crippen LogP contribution >= 0.6 is 0 Å². The van der Waals surface area contributed by atoms with Crippen molar-refractivity contribution >= 4 is 11.7 Å². The monoisotopic (exact) mass is 390 g/mol. The molecule has 152 valence electrons. The molecule has 1 aliphatic heterocycles. The summed E-state index contributed by atoms with van der Waals surface area (Å²) in [5.41, 5.74) is 3.97. The summed E-state index contributed by atoms with van der Waals surface area (Å²) < 4.78 is 0. The van der Waals surface area contributed by atoms with Gasteiger partial charge in [0.2, 0.25) is 0 Å².